The molecule has 2 heterocycles. The molecule has 0 radical (unpaired) electrons. The van der Waals surface area contributed by atoms with E-state index in [0.29, 0.717) is 42.4 Å². The Morgan fingerprint density at radius 2 is 1.92 bits per heavy atom. The summed E-state index contributed by atoms with van der Waals surface area (Å²) in [5.74, 6) is -0.206. The number of hydrogen-bond acceptors (Lipinski definition) is 7. The standard InChI is InChI=1S/C16H18ClN3O5S/c1-26(22,23)20-8-6-12(7-9-20)16(21)24-10-14-18-19-15(25-14)11-2-4-13(17)5-3-11/h2-5,12H,6-10H2,1H3. The first-order chi connectivity index (χ1) is 12.3. The molecule has 3 rings (SSSR count). The molecule has 0 N–H and O–H groups in total. The van der Waals surface area contributed by atoms with Gasteiger partial charge in [-0.1, -0.05) is 11.6 Å². The fraction of sp³-hybridized carbons (Fsp3) is 0.438. The van der Waals surface area contributed by atoms with Gasteiger partial charge in [-0.3, -0.25) is 4.79 Å². The van der Waals surface area contributed by atoms with E-state index in [4.69, 9.17) is 20.8 Å². The predicted molar refractivity (Wildman–Crippen MR) is 93.7 cm³/mol. The van der Waals surface area contributed by atoms with Crippen molar-refractivity contribution in [1.29, 1.82) is 0 Å². The van der Waals surface area contributed by atoms with E-state index in [1.165, 1.54) is 10.6 Å². The zero-order chi connectivity index (χ0) is 18.7. The van der Waals surface area contributed by atoms with Crippen molar-refractivity contribution in [2.45, 2.75) is 19.4 Å². The maximum absolute atomic E-state index is 12.1. The molecule has 0 atom stereocenters. The highest BCUT2D eigenvalue weighted by Crippen LogP contribution is 2.22. The number of hydrogen-bond donors (Lipinski definition) is 0. The third-order valence-electron chi connectivity index (χ3n) is 4.15. The number of ether oxygens (including phenoxy) is 1. The fourth-order valence-corrected chi connectivity index (χ4v) is 3.70. The maximum atomic E-state index is 12.1. The van der Waals surface area contributed by atoms with Crippen molar-refractivity contribution < 1.29 is 22.4 Å². The third kappa shape index (κ3) is 4.60. The van der Waals surface area contributed by atoms with Crippen molar-refractivity contribution in [1.82, 2.24) is 14.5 Å². The van der Waals surface area contributed by atoms with Gasteiger partial charge in [0, 0.05) is 23.7 Å². The highest BCUT2D eigenvalue weighted by atomic mass is 35.5. The van der Waals surface area contributed by atoms with Crippen molar-refractivity contribution in [3.63, 3.8) is 0 Å². The van der Waals surface area contributed by atoms with E-state index < -0.39 is 10.0 Å². The molecule has 1 aromatic carbocycles. The molecule has 1 aromatic heterocycles. The number of halogens is 1. The molecule has 1 aliphatic rings. The van der Waals surface area contributed by atoms with Crippen LogP contribution >= 0.6 is 11.6 Å². The van der Waals surface area contributed by atoms with Crippen molar-refractivity contribution in [3.05, 3.63) is 35.2 Å². The molecule has 8 nitrogen and oxygen atoms in total. The van der Waals surface area contributed by atoms with Gasteiger partial charge < -0.3 is 9.15 Å². The lowest BCUT2D eigenvalue weighted by Gasteiger charge is -2.28. The molecule has 2 aromatic rings. The average Bonchev–Trinajstić information content (AvgIpc) is 3.08. The van der Waals surface area contributed by atoms with Crippen molar-refractivity contribution in [2.24, 2.45) is 5.92 Å². The first-order valence-corrected chi connectivity index (χ1v) is 10.3. The highest BCUT2D eigenvalue weighted by molar-refractivity contribution is 7.88. The van der Waals surface area contributed by atoms with Gasteiger partial charge in [0.1, 0.15) is 0 Å². The second-order valence-electron chi connectivity index (χ2n) is 6.05. The van der Waals surface area contributed by atoms with Gasteiger partial charge in [-0.25, -0.2) is 12.7 Å². The Labute approximate surface area is 156 Å². The van der Waals surface area contributed by atoms with Crippen molar-refractivity contribution in [2.75, 3.05) is 19.3 Å². The van der Waals surface area contributed by atoms with Crippen LogP contribution in [0.25, 0.3) is 11.5 Å². The summed E-state index contributed by atoms with van der Waals surface area (Å²) in [4.78, 5) is 12.1. The summed E-state index contributed by atoms with van der Waals surface area (Å²) in [6.45, 7) is 0.519. The van der Waals surface area contributed by atoms with Crippen LogP contribution < -0.4 is 0 Å². The molecule has 0 saturated carbocycles. The van der Waals surface area contributed by atoms with E-state index in [2.05, 4.69) is 10.2 Å². The molecule has 0 aliphatic carbocycles. The van der Waals surface area contributed by atoms with E-state index in [1.807, 2.05) is 0 Å². The second-order valence-corrected chi connectivity index (χ2v) is 8.47. The van der Waals surface area contributed by atoms with Crippen molar-refractivity contribution in [3.8, 4) is 11.5 Å². The van der Waals surface area contributed by atoms with E-state index in [0.717, 1.165) is 0 Å². The molecule has 0 spiro atoms. The Morgan fingerprint density at radius 1 is 1.27 bits per heavy atom. The number of nitrogens with zero attached hydrogens (tertiary/aromatic N) is 3. The van der Waals surface area contributed by atoms with E-state index >= 15 is 0 Å². The SMILES string of the molecule is CS(=O)(=O)N1CCC(C(=O)OCc2nnc(-c3ccc(Cl)cc3)o2)CC1. The number of rotatable bonds is 5. The Morgan fingerprint density at radius 3 is 2.54 bits per heavy atom. The van der Waals surface area contributed by atoms with Gasteiger partial charge in [-0.15, -0.1) is 10.2 Å². The zero-order valence-electron chi connectivity index (χ0n) is 14.1. The largest absolute Gasteiger partial charge is 0.455 e. The van der Waals surface area contributed by atoms with Crippen LogP contribution in [0.15, 0.2) is 28.7 Å². The van der Waals surface area contributed by atoms with Crippen LogP contribution in [-0.2, 0) is 26.2 Å². The molecule has 0 unspecified atom stereocenters. The fourth-order valence-electron chi connectivity index (χ4n) is 2.69. The summed E-state index contributed by atoms with van der Waals surface area (Å²) >= 11 is 5.84. The van der Waals surface area contributed by atoms with Gasteiger partial charge in [-0.05, 0) is 37.1 Å². The quantitative estimate of drug-likeness (QED) is 0.709. The molecule has 0 amide bonds. The second kappa shape index (κ2) is 7.73. The monoisotopic (exact) mass is 399 g/mol. The molecular weight excluding hydrogens is 382 g/mol. The number of benzene rings is 1. The third-order valence-corrected chi connectivity index (χ3v) is 5.71. The van der Waals surface area contributed by atoms with Gasteiger partial charge in [0.15, 0.2) is 6.61 Å². The number of sulfonamides is 1. The smallest absolute Gasteiger partial charge is 0.309 e. The minimum atomic E-state index is -3.22. The first-order valence-electron chi connectivity index (χ1n) is 8.03. The van der Waals surface area contributed by atoms with Crippen LogP contribution in [0, 0.1) is 5.92 Å². The van der Waals surface area contributed by atoms with Gasteiger partial charge in [0.25, 0.3) is 5.89 Å². The van der Waals surface area contributed by atoms with E-state index in [-0.39, 0.29) is 24.4 Å². The summed E-state index contributed by atoms with van der Waals surface area (Å²) in [6.07, 6.45) is 2.04. The summed E-state index contributed by atoms with van der Waals surface area (Å²) in [5, 5.41) is 8.38. The summed E-state index contributed by atoms with van der Waals surface area (Å²) in [5.41, 5.74) is 0.715. The van der Waals surface area contributed by atoms with E-state index in [9.17, 15) is 13.2 Å². The van der Waals surface area contributed by atoms with Crippen LogP contribution in [0.5, 0.6) is 0 Å². The number of carbonyl (C=O) groups is 1. The molecular formula is C16H18ClN3O5S. The summed E-state index contributed by atoms with van der Waals surface area (Å²) in [6, 6.07) is 6.93. The number of aromatic nitrogens is 2. The molecule has 10 heteroatoms. The minimum absolute atomic E-state index is 0.119. The highest BCUT2D eigenvalue weighted by Gasteiger charge is 2.30. The molecule has 1 aliphatic heterocycles. The summed E-state index contributed by atoms with van der Waals surface area (Å²) < 4.78 is 35.1. The lowest BCUT2D eigenvalue weighted by Crippen LogP contribution is -2.40. The molecule has 0 bridgehead atoms. The predicted octanol–water partition coefficient (Wildman–Crippen LogP) is 2.10. The lowest BCUT2D eigenvalue weighted by atomic mass is 9.98. The molecule has 140 valence electrons. The normalized spacial score (nSPS) is 16.5. The van der Waals surface area contributed by atoms with Gasteiger partial charge >= 0.3 is 5.97 Å². The van der Waals surface area contributed by atoms with Crippen LogP contribution in [0.2, 0.25) is 5.02 Å². The Bertz CT molecular complexity index is 874. The van der Waals surface area contributed by atoms with E-state index in [1.54, 1.807) is 24.3 Å². The number of piperidine rings is 1. The Hall–Kier alpha value is -1.97. The Balaban J connectivity index is 1.52. The number of carbonyl (C=O) groups excluding carboxylic acids is 1. The Kier molecular flexibility index (Phi) is 5.59. The summed E-state index contributed by atoms with van der Waals surface area (Å²) in [7, 11) is -3.22. The average molecular weight is 400 g/mol. The van der Waals surface area contributed by atoms with Crippen LogP contribution in [0.3, 0.4) is 0 Å². The minimum Gasteiger partial charge on any atom is -0.455 e. The molecule has 26 heavy (non-hydrogen) atoms. The van der Waals surface area contributed by atoms with Gasteiger partial charge in [-0.2, -0.15) is 0 Å². The lowest BCUT2D eigenvalue weighted by molar-refractivity contribution is -0.151. The number of esters is 1. The zero-order valence-corrected chi connectivity index (χ0v) is 15.7. The van der Waals surface area contributed by atoms with Crippen molar-refractivity contribution >= 4 is 27.6 Å². The van der Waals surface area contributed by atoms with Gasteiger partial charge in [0.05, 0.1) is 12.2 Å². The van der Waals surface area contributed by atoms with Crippen LogP contribution in [0.4, 0.5) is 0 Å². The van der Waals surface area contributed by atoms with Crippen LogP contribution in [-0.4, -0.2) is 48.2 Å². The molecule has 1 fully saturated rings. The topological polar surface area (TPSA) is 103 Å². The molecule has 1 saturated heterocycles. The van der Waals surface area contributed by atoms with Gasteiger partial charge in [0.2, 0.25) is 15.9 Å². The first kappa shape index (κ1) is 18.8. The van der Waals surface area contributed by atoms with Crippen LogP contribution in [0.1, 0.15) is 18.7 Å². The maximum Gasteiger partial charge on any atom is 0.309 e.